The lowest BCUT2D eigenvalue weighted by molar-refractivity contribution is 0.774. The van der Waals surface area contributed by atoms with Crippen LogP contribution in [0.15, 0.2) is 89.6 Å². The molecule has 6 rings (SSSR count). The summed E-state index contributed by atoms with van der Waals surface area (Å²) >= 11 is 1.47. The van der Waals surface area contributed by atoms with Gasteiger partial charge >= 0.3 is 0 Å². The third kappa shape index (κ3) is 4.16. The van der Waals surface area contributed by atoms with Crippen LogP contribution in [0.5, 0.6) is 0 Å². The van der Waals surface area contributed by atoms with E-state index in [9.17, 15) is 4.79 Å². The van der Waals surface area contributed by atoms with E-state index < -0.39 is 0 Å². The quantitative estimate of drug-likeness (QED) is 0.302. The highest BCUT2D eigenvalue weighted by atomic mass is 32.1. The molecule has 0 aliphatic rings. The Labute approximate surface area is 223 Å². The highest BCUT2D eigenvalue weighted by molar-refractivity contribution is 7.16. The number of nitrogens with zero attached hydrogens (tertiary/aromatic N) is 6. The average Bonchev–Trinajstić information content (AvgIpc) is 3.43. The number of hydrogen-bond acceptors (Lipinski definition) is 8. The molecule has 1 atom stereocenters. The Kier molecular flexibility index (Phi) is 6.05. The van der Waals surface area contributed by atoms with Gasteiger partial charge in [-0.25, -0.2) is 19.9 Å². The zero-order valence-electron chi connectivity index (χ0n) is 21.2. The van der Waals surface area contributed by atoms with E-state index in [1.807, 2.05) is 92.8 Å². The molecule has 0 amide bonds. The predicted molar refractivity (Wildman–Crippen MR) is 154 cm³/mol. The van der Waals surface area contributed by atoms with E-state index in [-0.39, 0.29) is 11.6 Å². The Hall–Kier alpha value is -4.63. The number of fused-ring (bicyclic) bond motifs is 2. The summed E-state index contributed by atoms with van der Waals surface area (Å²) in [5.74, 6) is 1.49. The van der Waals surface area contributed by atoms with Crippen molar-refractivity contribution in [2.24, 2.45) is 0 Å². The number of pyridine rings is 2. The van der Waals surface area contributed by atoms with Gasteiger partial charge in [0.25, 0.3) is 5.56 Å². The van der Waals surface area contributed by atoms with Crippen LogP contribution in [0.3, 0.4) is 0 Å². The van der Waals surface area contributed by atoms with Crippen LogP contribution < -0.4 is 15.8 Å². The lowest BCUT2D eigenvalue weighted by Crippen LogP contribution is -2.26. The van der Waals surface area contributed by atoms with Crippen molar-refractivity contribution in [1.82, 2.24) is 24.5 Å². The van der Waals surface area contributed by atoms with Crippen molar-refractivity contribution in [1.29, 1.82) is 0 Å². The van der Waals surface area contributed by atoms with Gasteiger partial charge in [0.2, 0.25) is 0 Å². The maximum Gasteiger partial charge on any atom is 0.263 e. The highest BCUT2D eigenvalue weighted by Crippen LogP contribution is 2.31. The van der Waals surface area contributed by atoms with Crippen molar-refractivity contribution in [3.8, 4) is 16.8 Å². The van der Waals surface area contributed by atoms with Gasteiger partial charge < -0.3 is 10.2 Å². The molecule has 0 fully saturated rings. The normalized spacial score (nSPS) is 12.1. The van der Waals surface area contributed by atoms with Crippen LogP contribution >= 0.6 is 11.3 Å². The third-order valence-corrected chi connectivity index (χ3v) is 7.27. The second kappa shape index (κ2) is 9.68. The lowest BCUT2D eigenvalue weighted by Gasteiger charge is -2.22. The first-order valence-electron chi connectivity index (χ1n) is 12.2. The third-order valence-electron chi connectivity index (χ3n) is 6.54. The Morgan fingerprint density at radius 3 is 2.55 bits per heavy atom. The van der Waals surface area contributed by atoms with Gasteiger partial charge in [0.05, 0.1) is 16.9 Å². The van der Waals surface area contributed by atoms with E-state index in [0.717, 1.165) is 44.1 Å². The molecule has 4 heterocycles. The van der Waals surface area contributed by atoms with Crippen molar-refractivity contribution in [3.63, 3.8) is 0 Å². The fourth-order valence-electron chi connectivity index (χ4n) is 4.67. The molecule has 1 N–H and O–H groups in total. The first-order chi connectivity index (χ1) is 18.5. The summed E-state index contributed by atoms with van der Waals surface area (Å²) in [5.41, 5.74) is 5.73. The molecule has 0 aliphatic heterocycles. The number of anilines is 2. The Bertz CT molecular complexity index is 1810. The molecule has 6 aromatic rings. The summed E-state index contributed by atoms with van der Waals surface area (Å²) < 4.78 is 1.78. The number of benzene rings is 2. The van der Waals surface area contributed by atoms with Gasteiger partial charge in [0, 0.05) is 37.2 Å². The topological polar surface area (TPSA) is 88.8 Å². The summed E-state index contributed by atoms with van der Waals surface area (Å²) in [6, 6.07) is 21.5. The van der Waals surface area contributed by atoms with Crippen LogP contribution in [0, 0.1) is 0 Å². The molecule has 0 saturated heterocycles. The maximum atomic E-state index is 14.3. The molecule has 0 saturated carbocycles. The van der Waals surface area contributed by atoms with Gasteiger partial charge in [0.1, 0.15) is 22.5 Å². The number of aromatic nitrogens is 5. The minimum Gasteiger partial charge on any atom is -0.363 e. The van der Waals surface area contributed by atoms with Crippen LogP contribution in [-0.2, 0) is 0 Å². The molecule has 0 spiro atoms. The van der Waals surface area contributed by atoms with Gasteiger partial charge in [-0.3, -0.25) is 9.36 Å². The Balaban J connectivity index is 1.54. The van der Waals surface area contributed by atoms with Gasteiger partial charge in [0.15, 0.2) is 5.82 Å². The maximum absolute atomic E-state index is 14.3. The van der Waals surface area contributed by atoms with E-state index in [4.69, 9.17) is 0 Å². The molecule has 188 valence electrons. The summed E-state index contributed by atoms with van der Waals surface area (Å²) in [6.07, 6.45) is 3.35. The van der Waals surface area contributed by atoms with Crippen molar-refractivity contribution in [2.45, 2.75) is 13.0 Å². The van der Waals surface area contributed by atoms with Crippen molar-refractivity contribution in [2.75, 3.05) is 24.3 Å². The number of thiazole rings is 1. The molecule has 0 bridgehead atoms. The van der Waals surface area contributed by atoms with Crippen LogP contribution in [-0.4, -0.2) is 38.6 Å². The standard InChI is InChI=1S/C29H25N7OS/c1-18(34-27-26-28(32-16-31-27)38-17-33-26)23-14-19-8-7-11-22(20-12-13-24(30-15-20)35(2)3)25(19)29(37)36(23)21-9-5-4-6-10-21/h4-18H,1-3H3,(H,31,32,34)/t18-/m0/s1. The summed E-state index contributed by atoms with van der Waals surface area (Å²) in [4.78, 5) is 34.8. The predicted octanol–water partition coefficient (Wildman–Crippen LogP) is 5.69. The minimum atomic E-state index is -0.253. The van der Waals surface area contributed by atoms with Gasteiger partial charge in [-0.15, -0.1) is 11.3 Å². The largest absolute Gasteiger partial charge is 0.363 e. The van der Waals surface area contributed by atoms with Crippen LogP contribution in [0.4, 0.5) is 11.6 Å². The van der Waals surface area contributed by atoms with E-state index in [0.29, 0.717) is 11.2 Å². The fraction of sp³-hybridized carbons (Fsp3) is 0.138. The van der Waals surface area contributed by atoms with Crippen molar-refractivity contribution in [3.05, 3.63) is 101 Å². The smallest absolute Gasteiger partial charge is 0.263 e. The SMILES string of the molecule is C[C@H](Nc1ncnc2scnc12)c1cc2cccc(-c3ccc(N(C)C)nc3)c2c(=O)n1-c1ccccc1. The molecule has 9 heteroatoms. The molecular weight excluding hydrogens is 494 g/mol. The van der Waals surface area contributed by atoms with Gasteiger partial charge in [-0.05, 0) is 48.2 Å². The van der Waals surface area contributed by atoms with E-state index in [2.05, 4.69) is 31.3 Å². The first kappa shape index (κ1) is 23.7. The van der Waals surface area contributed by atoms with E-state index >= 15 is 0 Å². The second-order valence-electron chi connectivity index (χ2n) is 9.21. The molecule has 4 aromatic heterocycles. The average molecular weight is 520 g/mol. The zero-order chi connectivity index (χ0) is 26.2. The molecule has 0 unspecified atom stereocenters. The number of nitrogens with one attached hydrogen (secondary N) is 1. The molecule has 0 aliphatic carbocycles. The number of para-hydroxylation sites is 1. The molecule has 8 nitrogen and oxygen atoms in total. The van der Waals surface area contributed by atoms with Crippen LogP contribution in [0.1, 0.15) is 18.7 Å². The summed E-state index contributed by atoms with van der Waals surface area (Å²) in [6.45, 7) is 2.02. The Morgan fingerprint density at radius 1 is 0.947 bits per heavy atom. The van der Waals surface area contributed by atoms with Crippen molar-refractivity contribution < 1.29 is 0 Å². The molecule has 2 aromatic carbocycles. The van der Waals surface area contributed by atoms with Crippen molar-refractivity contribution >= 4 is 44.1 Å². The molecule has 0 radical (unpaired) electrons. The summed E-state index contributed by atoms with van der Waals surface area (Å²) in [5, 5.41) is 4.98. The molecule has 38 heavy (non-hydrogen) atoms. The van der Waals surface area contributed by atoms with Crippen LogP contribution in [0.2, 0.25) is 0 Å². The van der Waals surface area contributed by atoms with E-state index in [1.54, 1.807) is 10.1 Å². The fourth-order valence-corrected chi connectivity index (χ4v) is 5.30. The number of rotatable bonds is 6. The summed E-state index contributed by atoms with van der Waals surface area (Å²) in [7, 11) is 3.91. The van der Waals surface area contributed by atoms with Crippen LogP contribution in [0.25, 0.3) is 37.9 Å². The minimum absolute atomic E-state index is 0.0915. The van der Waals surface area contributed by atoms with E-state index in [1.165, 1.54) is 17.7 Å². The van der Waals surface area contributed by atoms with Gasteiger partial charge in [-0.1, -0.05) is 36.4 Å². The monoisotopic (exact) mass is 519 g/mol. The molecular formula is C29H25N7OS. The second-order valence-corrected chi connectivity index (χ2v) is 10.0. The Morgan fingerprint density at radius 2 is 1.79 bits per heavy atom. The first-order valence-corrected chi connectivity index (χ1v) is 13.1. The zero-order valence-corrected chi connectivity index (χ0v) is 22.0. The van der Waals surface area contributed by atoms with Gasteiger partial charge in [-0.2, -0.15) is 0 Å². The highest BCUT2D eigenvalue weighted by Gasteiger charge is 2.20. The lowest BCUT2D eigenvalue weighted by atomic mass is 9.98. The number of hydrogen-bond donors (Lipinski definition) is 1.